The van der Waals surface area contributed by atoms with Gasteiger partial charge in [-0.1, -0.05) is 92.4 Å². The largest absolute Gasteiger partial charge is 0.255 e. The minimum absolute atomic E-state index is 0.327. The lowest BCUT2D eigenvalue weighted by Gasteiger charge is -2.34. The summed E-state index contributed by atoms with van der Waals surface area (Å²) in [6.45, 7) is 2.41. The Morgan fingerprint density at radius 1 is 0.846 bits per heavy atom. The Bertz CT molecular complexity index is 878. The fraction of sp³-hybridized carbons (Fsp3) is 0.292. The molecule has 0 N–H and O–H groups in total. The minimum atomic E-state index is 0.327. The molecular formula is C24H24ClN. The molecule has 0 spiro atoms. The van der Waals surface area contributed by atoms with E-state index in [9.17, 15) is 0 Å². The van der Waals surface area contributed by atoms with E-state index in [1.165, 1.54) is 37.7 Å². The Kier molecular flexibility index (Phi) is 4.82. The van der Waals surface area contributed by atoms with Gasteiger partial charge in [-0.25, -0.2) is 0 Å². The number of halogens is 1. The van der Waals surface area contributed by atoms with Crippen LogP contribution in [0.25, 0.3) is 22.4 Å². The Balaban J connectivity index is 1.67. The van der Waals surface area contributed by atoms with Crippen molar-refractivity contribution in [1.29, 1.82) is 0 Å². The molecule has 1 aromatic heterocycles. The maximum Gasteiger partial charge on any atom is 0.0709 e. The van der Waals surface area contributed by atoms with Gasteiger partial charge in [-0.3, -0.25) is 4.98 Å². The van der Waals surface area contributed by atoms with Crippen LogP contribution in [0.15, 0.2) is 66.9 Å². The summed E-state index contributed by atoms with van der Waals surface area (Å²) < 4.78 is 0. The van der Waals surface area contributed by atoms with Crippen molar-refractivity contribution in [2.75, 3.05) is 0 Å². The molecule has 4 rings (SSSR count). The summed E-state index contributed by atoms with van der Waals surface area (Å²) in [6.07, 6.45) is 8.41. The van der Waals surface area contributed by atoms with Crippen molar-refractivity contribution in [2.24, 2.45) is 0 Å². The lowest BCUT2D eigenvalue weighted by molar-refractivity contribution is 0.319. The number of rotatable bonds is 3. The predicted octanol–water partition coefficient (Wildman–Crippen LogP) is 7.29. The third-order valence-electron chi connectivity index (χ3n) is 5.77. The lowest BCUT2D eigenvalue weighted by atomic mass is 9.71. The second-order valence-electron chi connectivity index (χ2n) is 7.61. The molecule has 0 radical (unpaired) electrons. The second-order valence-corrected chi connectivity index (χ2v) is 8.02. The Morgan fingerprint density at radius 2 is 1.54 bits per heavy atom. The van der Waals surface area contributed by atoms with Gasteiger partial charge >= 0.3 is 0 Å². The molecule has 1 nitrogen and oxygen atoms in total. The van der Waals surface area contributed by atoms with Crippen LogP contribution >= 0.6 is 11.6 Å². The zero-order chi connectivity index (χ0) is 18.0. The molecule has 0 saturated heterocycles. The lowest BCUT2D eigenvalue weighted by Crippen LogP contribution is -2.24. The smallest absolute Gasteiger partial charge is 0.0709 e. The molecule has 0 unspecified atom stereocenters. The summed E-state index contributed by atoms with van der Waals surface area (Å²) in [7, 11) is 0. The predicted molar refractivity (Wildman–Crippen MR) is 111 cm³/mol. The highest BCUT2D eigenvalue weighted by Crippen LogP contribution is 2.40. The molecule has 1 saturated carbocycles. The molecular weight excluding hydrogens is 338 g/mol. The topological polar surface area (TPSA) is 12.9 Å². The molecule has 2 heteroatoms. The highest BCUT2D eigenvalue weighted by molar-refractivity contribution is 6.33. The van der Waals surface area contributed by atoms with E-state index in [-0.39, 0.29) is 0 Å². The van der Waals surface area contributed by atoms with Crippen molar-refractivity contribution in [3.8, 4) is 22.4 Å². The van der Waals surface area contributed by atoms with Crippen LogP contribution in [0, 0.1) is 0 Å². The number of benzene rings is 2. The molecule has 0 amide bonds. The highest BCUT2D eigenvalue weighted by Gasteiger charge is 2.28. The molecule has 0 atom stereocenters. The van der Waals surface area contributed by atoms with Gasteiger partial charge in [-0.2, -0.15) is 0 Å². The van der Waals surface area contributed by atoms with Gasteiger partial charge in [-0.05, 0) is 35.4 Å². The van der Waals surface area contributed by atoms with Crippen LogP contribution in [0.2, 0.25) is 5.02 Å². The fourth-order valence-electron chi connectivity index (χ4n) is 4.10. The maximum atomic E-state index is 6.47. The Labute approximate surface area is 161 Å². The van der Waals surface area contributed by atoms with Crippen LogP contribution in [0.5, 0.6) is 0 Å². The van der Waals surface area contributed by atoms with Crippen LogP contribution in [0.1, 0.15) is 44.6 Å². The zero-order valence-electron chi connectivity index (χ0n) is 15.2. The van der Waals surface area contributed by atoms with Crippen molar-refractivity contribution in [2.45, 2.75) is 44.4 Å². The van der Waals surface area contributed by atoms with Gasteiger partial charge in [0.2, 0.25) is 0 Å². The number of pyridine rings is 1. The first-order valence-electron chi connectivity index (χ1n) is 9.48. The summed E-state index contributed by atoms with van der Waals surface area (Å²) in [5, 5.41) is 0.696. The molecule has 1 aliphatic rings. The van der Waals surface area contributed by atoms with E-state index >= 15 is 0 Å². The fourth-order valence-corrected chi connectivity index (χ4v) is 4.31. The summed E-state index contributed by atoms with van der Waals surface area (Å²) in [4.78, 5) is 4.50. The van der Waals surface area contributed by atoms with Crippen LogP contribution in [0.3, 0.4) is 0 Å². The molecule has 132 valence electrons. The Morgan fingerprint density at radius 3 is 2.23 bits per heavy atom. The molecule has 2 aromatic carbocycles. The van der Waals surface area contributed by atoms with E-state index in [1.807, 2.05) is 18.2 Å². The van der Waals surface area contributed by atoms with Crippen molar-refractivity contribution in [3.05, 3.63) is 77.4 Å². The molecule has 0 aliphatic heterocycles. The van der Waals surface area contributed by atoms with Gasteiger partial charge in [0.25, 0.3) is 0 Å². The average molecular weight is 362 g/mol. The number of aromatic nitrogens is 1. The molecule has 1 fully saturated rings. The first-order chi connectivity index (χ1) is 12.7. The SMILES string of the molecule is CC1(c2ccc(-c3cc(-c4ccccc4)ncc3Cl)cc2)CCCCC1. The van der Waals surface area contributed by atoms with Crippen LogP contribution in [-0.2, 0) is 5.41 Å². The van der Waals surface area contributed by atoms with E-state index in [0.29, 0.717) is 10.4 Å². The molecule has 0 bridgehead atoms. The van der Waals surface area contributed by atoms with E-state index in [2.05, 4.69) is 54.4 Å². The summed E-state index contributed by atoms with van der Waals surface area (Å²) in [5.74, 6) is 0. The Hall–Kier alpha value is -2.12. The van der Waals surface area contributed by atoms with Crippen molar-refractivity contribution >= 4 is 11.6 Å². The van der Waals surface area contributed by atoms with Gasteiger partial charge in [0, 0.05) is 17.3 Å². The number of hydrogen-bond donors (Lipinski definition) is 0. The zero-order valence-corrected chi connectivity index (χ0v) is 16.0. The summed E-state index contributed by atoms with van der Waals surface area (Å²) in [5.41, 5.74) is 6.03. The quantitative estimate of drug-likeness (QED) is 0.477. The van der Waals surface area contributed by atoms with E-state index < -0.39 is 0 Å². The van der Waals surface area contributed by atoms with Gasteiger partial charge in [0.1, 0.15) is 0 Å². The highest BCUT2D eigenvalue weighted by atomic mass is 35.5. The van der Waals surface area contributed by atoms with Crippen LogP contribution in [-0.4, -0.2) is 4.98 Å². The monoisotopic (exact) mass is 361 g/mol. The first-order valence-corrected chi connectivity index (χ1v) is 9.85. The van der Waals surface area contributed by atoms with Crippen LogP contribution < -0.4 is 0 Å². The normalized spacial score (nSPS) is 16.4. The molecule has 3 aromatic rings. The van der Waals surface area contributed by atoms with Gasteiger partial charge < -0.3 is 0 Å². The van der Waals surface area contributed by atoms with E-state index in [0.717, 1.165) is 22.4 Å². The minimum Gasteiger partial charge on any atom is -0.255 e. The second kappa shape index (κ2) is 7.25. The van der Waals surface area contributed by atoms with E-state index in [4.69, 9.17) is 11.6 Å². The third kappa shape index (κ3) is 3.41. The van der Waals surface area contributed by atoms with Gasteiger partial charge in [0.05, 0.1) is 10.7 Å². The van der Waals surface area contributed by atoms with Crippen molar-refractivity contribution in [3.63, 3.8) is 0 Å². The summed E-state index contributed by atoms with van der Waals surface area (Å²) in [6, 6.07) is 21.3. The van der Waals surface area contributed by atoms with E-state index in [1.54, 1.807) is 6.20 Å². The van der Waals surface area contributed by atoms with Gasteiger partial charge in [0.15, 0.2) is 0 Å². The molecule has 26 heavy (non-hydrogen) atoms. The standard InChI is InChI=1S/C24H24ClN/c1-24(14-6-3-7-15-24)20-12-10-18(11-13-20)21-16-23(26-17-22(21)25)19-8-4-2-5-9-19/h2,4-5,8-13,16-17H,3,6-7,14-15H2,1H3. The van der Waals surface area contributed by atoms with Crippen LogP contribution in [0.4, 0.5) is 0 Å². The number of hydrogen-bond acceptors (Lipinski definition) is 1. The first kappa shape index (κ1) is 17.3. The summed E-state index contributed by atoms with van der Waals surface area (Å²) >= 11 is 6.47. The third-order valence-corrected chi connectivity index (χ3v) is 6.08. The average Bonchev–Trinajstić information content (AvgIpc) is 2.70. The van der Waals surface area contributed by atoms with Crippen molar-refractivity contribution in [1.82, 2.24) is 4.98 Å². The van der Waals surface area contributed by atoms with Gasteiger partial charge in [-0.15, -0.1) is 0 Å². The molecule has 1 aliphatic carbocycles. The number of nitrogens with zero attached hydrogens (tertiary/aromatic N) is 1. The maximum absolute atomic E-state index is 6.47. The molecule has 1 heterocycles. The van der Waals surface area contributed by atoms with Crippen molar-refractivity contribution < 1.29 is 0 Å².